The maximum Gasteiger partial charge on any atom is 0.0128 e. The van der Waals surface area contributed by atoms with Gasteiger partial charge >= 0.3 is 0 Å². The van der Waals surface area contributed by atoms with E-state index in [0.29, 0.717) is 11.8 Å². The van der Waals surface area contributed by atoms with E-state index in [9.17, 15) is 0 Å². The number of hydrogen-bond acceptors (Lipinski definition) is 0. The summed E-state index contributed by atoms with van der Waals surface area (Å²) in [7, 11) is 0. The number of benzene rings is 1. The van der Waals surface area contributed by atoms with Gasteiger partial charge in [0.25, 0.3) is 0 Å². The molecule has 1 aromatic carbocycles. The quantitative estimate of drug-likeness (QED) is 0.539. The minimum absolute atomic E-state index is 0.672. The summed E-state index contributed by atoms with van der Waals surface area (Å²) in [6.07, 6.45) is 8.90. The molecule has 2 aliphatic rings. The van der Waals surface area contributed by atoms with E-state index < -0.39 is 0 Å². The molecule has 2 aliphatic carbocycles. The summed E-state index contributed by atoms with van der Waals surface area (Å²) >= 11 is 0. The highest BCUT2D eigenvalue weighted by molar-refractivity contribution is 5.52. The fraction of sp³-hybridized carbons (Fsp3) is 0.167. The highest BCUT2D eigenvalue weighted by Gasteiger charge is 2.33. The molecule has 0 fully saturated rings. The summed E-state index contributed by atoms with van der Waals surface area (Å²) in [5.41, 5.74) is 3.03. The molecule has 2 unspecified atom stereocenters. The van der Waals surface area contributed by atoms with Crippen molar-refractivity contribution in [2.45, 2.75) is 11.8 Å². The van der Waals surface area contributed by atoms with Crippen LogP contribution >= 0.6 is 0 Å². The molecular formula is C12H10. The van der Waals surface area contributed by atoms with Gasteiger partial charge in [0, 0.05) is 11.8 Å². The van der Waals surface area contributed by atoms with Crippen LogP contribution in [0, 0.1) is 0 Å². The Morgan fingerprint density at radius 2 is 1.25 bits per heavy atom. The van der Waals surface area contributed by atoms with E-state index in [1.807, 2.05) is 0 Å². The van der Waals surface area contributed by atoms with Crippen LogP contribution in [0.25, 0.3) is 0 Å². The third kappa shape index (κ3) is 0.626. The van der Waals surface area contributed by atoms with Crippen LogP contribution in [-0.4, -0.2) is 0 Å². The van der Waals surface area contributed by atoms with Crippen LogP contribution in [0.2, 0.25) is 0 Å². The predicted octanol–water partition coefficient (Wildman–Crippen LogP) is 2.99. The lowest BCUT2D eigenvalue weighted by Gasteiger charge is -2.37. The van der Waals surface area contributed by atoms with Crippen molar-refractivity contribution in [3.05, 3.63) is 59.7 Å². The van der Waals surface area contributed by atoms with Gasteiger partial charge in [-0.1, -0.05) is 48.6 Å². The summed E-state index contributed by atoms with van der Waals surface area (Å²) in [6.45, 7) is 0. The fourth-order valence-corrected chi connectivity index (χ4v) is 2.22. The van der Waals surface area contributed by atoms with Gasteiger partial charge in [-0.2, -0.15) is 0 Å². The Bertz CT molecular complexity index is 334. The zero-order chi connectivity index (χ0) is 7.97. The van der Waals surface area contributed by atoms with Gasteiger partial charge < -0.3 is 0 Å². The average Bonchev–Trinajstić information content (AvgIpc) is 2.14. The number of fused-ring (bicyclic) bond motifs is 4. The van der Waals surface area contributed by atoms with Crippen molar-refractivity contribution in [3.8, 4) is 0 Å². The lowest BCUT2D eigenvalue weighted by atomic mass is 9.66. The third-order valence-corrected chi connectivity index (χ3v) is 2.85. The zero-order valence-electron chi connectivity index (χ0n) is 6.77. The topological polar surface area (TPSA) is 0 Å². The molecular weight excluding hydrogens is 144 g/mol. The van der Waals surface area contributed by atoms with E-state index in [0.717, 1.165) is 0 Å². The normalized spacial score (nSPS) is 29.0. The molecule has 0 saturated carbocycles. The van der Waals surface area contributed by atoms with Crippen molar-refractivity contribution in [2.75, 3.05) is 0 Å². The van der Waals surface area contributed by atoms with E-state index in [2.05, 4.69) is 48.6 Å². The van der Waals surface area contributed by atoms with Gasteiger partial charge in [0.15, 0.2) is 0 Å². The first-order valence-electron chi connectivity index (χ1n) is 4.40. The zero-order valence-corrected chi connectivity index (χ0v) is 6.77. The van der Waals surface area contributed by atoms with Crippen LogP contribution in [0.5, 0.6) is 0 Å². The van der Waals surface area contributed by atoms with Crippen LogP contribution in [0.1, 0.15) is 23.0 Å². The molecule has 2 atom stereocenters. The van der Waals surface area contributed by atoms with Crippen molar-refractivity contribution >= 4 is 0 Å². The molecule has 12 heavy (non-hydrogen) atoms. The van der Waals surface area contributed by atoms with Crippen LogP contribution in [-0.2, 0) is 0 Å². The highest BCUT2D eigenvalue weighted by Crippen LogP contribution is 2.49. The van der Waals surface area contributed by atoms with Crippen molar-refractivity contribution in [3.63, 3.8) is 0 Å². The van der Waals surface area contributed by atoms with Crippen molar-refractivity contribution in [2.24, 2.45) is 0 Å². The van der Waals surface area contributed by atoms with E-state index in [-0.39, 0.29) is 0 Å². The van der Waals surface area contributed by atoms with Gasteiger partial charge in [-0.3, -0.25) is 0 Å². The van der Waals surface area contributed by atoms with E-state index >= 15 is 0 Å². The van der Waals surface area contributed by atoms with E-state index in [1.54, 1.807) is 0 Å². The van der Waals surface area contributed by atoms with Crippen LogP contribution < -0.4 is 0 Å². The molecule has 0 spiro atoms. The number of allylic oxidation sites excluding steroid dienone is 4. The maximum atomic E-state index is 2.30. The van der Waals surface area contributed by atoms with Gasteiger partial charge in [-0.15, -0.1) is 0 Å². The van der Waals surface area contributed by atoms with Gasteiger partial charge in [-0.05, 0) is 11.1 Å². The molecule has 0 N–H and O–H groups in total. The molecule has 1 aromatic rings. The smallest absolute Gasteiger partial charge is 0.0128 e. The Kier molecular flexibility index (Phi) is 1.09. The van der Waals surface area contributed by atoms with Crippen molar-refractivity contribution in [1.82, 2.24) is 0 Å². The molecule has 58 valence electrons. The molecule has 0 heterocycles. The minimum Gasteiger partial charge on any atom is -0.0761 e. The van der Waals surface area contributed by atoms with Crippen LogP contribution in [0.4, 0.5) is 0 Å². The highest BCUT2D eigenvalue weighted by atomic mass is 14.4. The largest absolute Gasteiger partial charge is 0.0761 e. The fourth-order valence-electron chi connectivity index (χ4n) is 2.22. The number of hydrogen-bond donors (Lipinski definition) is 0. The van der Waals surface area contributed by atoms with Gasteiger partial charge in [0.2, 0.25) is 0 Å². The molecule has 0 aromatic heterocycles. The summed E-state index contributed by atoms with van der Waals surface area (Å²) in [5, 5.41) is 0. The summed E-state index contributed by atoms with van der Waals surface area (Å²) < 4.78 is 0. The Morgan fingerprint density at radius 3 is 1.75 bits per heavy atom. The standard InChI is InChI=1S/C12H10/c1-2-6-10-9(5-1)11-7-3-4-8-12(10)11/h1-10H. The average molecular weight is 154 g/mol. The molecule has 0 bridgehead atoms. The second kappa shape index (κ2) is 2.10. The van der Waals surface area contributed by atoms with Gasteiger partial charge in [0.05, 0.1) is 0 Å². The molecule has 3 rings (SSSR count). The maximum absolute atomic E-state index is 2.30. The molecule has 0 saturated heterocycles. The Balaban J connectivity index is 2.17. The van der Waals surface area contributed by atoms with Gasteiger partial charge in [-0.25, -0.2) is 0 Å². The van der Waals surface area contributed by atoms with E-state index in [4.69, 9.17) is 0 Å². The van der Waals surface area contributed by atoms with Crippen molar-refractivity contribution in [1.29, 1.82) is 0 Å². The lowest BCUT2D eigenvalue weighted by molar-refractivity contribution is 0.637. The Hall–Kier alpha value is -1.30. The van der Waals surface area contributed by atoms with E-state index in [1.165, 1.54) is 11.1 Å². The summed E-state index contributed by atoms with van der Waals surface area (Å²) in [6, 6.07) is 8.72. The predicted molar refractivity (Wildman–Crippen MR) is 50.2 cm³/mol. The summed E-state index contributed by atoms with van der Waals surface area (Å²) in [5.74, 6) is 1.34. The molecule has 0 amide bonds. The van der Waals surface area contributed by atoms with Crippen LogP contribution in [0.15, 0.2) is 48.6 Å². The minimum atomic E-state index is 0.672. The van der Waals surface area contributed by atoms with Crippen molar-refractivity contribution < 1.29 is 0 Å². The SMILES string of the molecule is C1=CC2c3ccccc3C2C=C1. The van der Waals surface area contributed by atoms with Crippen LogP contribution in [0.3, 0.4) is 0 Å². The van der Waals surface area contributed by atoms with Gasteiger partial charge in [0.1, 0.15) is 0 Å². The molecule has 0 heteroatoms. The Morgan fingerprint density at radius 1 is 0.750 bits per heavy atom. The summed E-state index contributed by atoms with van der Waals surface area (Å²) in [4.78, 5) is 0. The first-order valence-corrected chi connectivity index (χ1v) is 4.40. The molecule has 0 radical (unpaired) electrons. The second-order valence-electron chi connectivity index (χ2n) is 3.45. The first kappa shape index (κ1) is 6.24. The first-order chi connectivity index (χ1) is 5.97. The molecule has 0 nitrogen and oxygen atoms in total. The monoisotopic (exact) mass is 154 g/mol. The molecule has 0 aliphatic heterocycles. The number of rotatable bonds is 0. The second-order valence-corrected chi connectivity index (χ2v) is 3.45. The third-order valence-electron chi connectivity index (χ3n) is 2.85. The Labute approximate surface area is 72.2 Å². The lowest BCUT2D eigenvalue weighted by Crippen LogP contribution is -2.22.